The first kappa shape index (κ1) is 14.4. The van der Waals surface area contributed by atoms with E-state index in [-0.39, 0.29) is 5.56 Å². The third-order valence-corrected chi connectivity index (χ3v) is 3.18. The van der Waals surface area contributed by atoms with E-state index in [1.807, 2.05) is 0 Å². The number of anilines is 1. The molecule has 4 nitrogen and oxygen atoms in total. The number of benzene rings is 2. The molecule has 0 bridgehead atoms. The molecule has 0 aromatic heterocycles. The maximum absolute atomic E-state index is 10.7. The molecule has 2 aromatic rings. The van der Waals surface area contributed by atoms with Crippen LogP contribution in [0.15, 0.2) is 47.6 Å². The summed E-state index contributed by atoms with van der Waals surface area (Å²) in [6, 6.07) is 11.4. The Hall–Kier alpha value is -2.04. The lowest BCUT2D eigenvalue weighted by atomic mass is 10.2. The molecule has 2 N–H and O–H groups in total. The van der Waals surface area contributed by atoms with Crippen LogP contribution in [0.1, 0.15) is 15.9 Å². The average Bonchev–Trinajstić information content (AvgIpc) is 2.42. The molecule has 0 fully saturated rings. The van der Waals surface area contributed by atoms with Crippen molar-refractivity contribution >= 4 is 41.1 Å². The van der Waals surface area contributed by atoms with Crippen molar-refractivity contribution in [3.05, 3.63) is 63.6 Å². The maximum Gasteiger partial charge on any atom is 0.335 e. The van der Waals surface area contributed by atoms with Gasteiger partial charge in [-0.3, -0.25) is 5.43 Å². The Bertz CT molecular complexity index is 634. The van der Waals surface area contributed by atoms with Crippen molar-refractivity contribution in [2.75, 3.05) is 5.43 Å². The first-order valence-corrected chi connectivity index (χ1v) is 6.40. The summed E-state index contributed by atoms with van der Waals surface area (Å²) in [5.74, 6) is -0.970. The summed E-state index contributed by atoms with van der Waals surface area (Å²) in [7, 11) is 0. The van der Waals surface area contributed by atoms with Gasteiger partial charge in [-0.05, 0) is 36.4 Å². The van der Waals surface area contributed by atoms with Crippen molar-refractivity contribution in [2.24, 2.45) is 5.10 Å². The van der Waals surface area contributed by atoms with Gasteiger partial charge in [0, 0.05) is 5.56 Å². The molecule has 2 rings (SSSR count). The van der Waals surface area contributed by atoms with E-state index >= 15 is 0 Å². The van der Waals surface area contributed by atoms with Crippen LogP contribution >= 0.6 is 23.2 Å². The fraction of sp³-hybridized carbons (Fsp3) is 0. The molecular weight excluding hydrogens is 299 g/mol. The van der Waals surface area contributed by atoms with Crippen LogP contribution in [0.25, 0.3) is 0 Å². The van der Waals surface area contributed by atoms with Crippen LogP contribution in [-0.4, -0.2) is 17.3 Å². The molecule has 0 radical (unpaired) electrons. The zero-order valence-electron chi connectivity index (χ0n) is 10.2. The van der Waals surface area contributed by atoms with E-state index in [2.05, 4.69) is 10.5 Å². The first-order chi connectivity index (χ1) is 9.58. The van der Waals surface area contributed by atoms with Crippen LogP contribution in [0, 0.1) is 0 Å². The molecule has 0 aliphatic carbocycles. The Kier molecular flexibility index (Phi) is 4.61. The molecule has 2 aromatic carbocycles. The zero-order chi connectivity index (χ0) is 14.5. The van der Waals surface area contributed by atoms with Gasteiger partial charge in [0.05, 0.1) is 27.5 Å². The van der Waals surface area contributed by atoms with Gasteiger partial charge in [-0.25, -0.2) is 4.79 Å². The van der Waals surface area contributed by atoms with Crippen molar-refractivity contribution < 1.29 is 9.90 Å². The average molecular weight is 309 g/mol. The monoisotopic (exact) mass is 308 g/mol. The van der Waals surface area contributed by atoms with E-state index in [0.29, 0.717) is 21.3 Å². The number of nitrogens with one attached hydrogen (secondary N) is 1. The number of rotatable bonds is 4. The highest BCUT2D eigenvalue weighted by Gasteiger charge is 2.02. The van der Waals surface area contributed by atoms with E-state index in [0.717, 1.165) is 0 Å². The number of aromatic carboxylic acids is 1. The second kappa shape index (κ2) is 6.41. The van der Waals surface area contributed by atoms with Gasteiger partial charge < -0.3 is 5.11 Å². The second-order valence-electron chi connectivity index (χ2n) is 3.89. The highest BCUT2D eigenvalue weighted by atomic mass is 35.5. The molecule has 0 saturated heterocycles. The summed E-state index contributed by atoms with van der Waals surface area (Å²) in [6.45, 7) is 0. The Morgan fingerprint density at radius 2 is 1.70 bits per heavy atom. The van der Waals surface area contributed by atoms with Gasteiger partial charge in [0.25, 0.3) is 0 Å². The molecule has 102 valence electrons. The second-order valence-corrected chi connectivity index (χ2v) is 4.70. The Morgan fingerprint density at radius 1 is 1.10 bits per heavy atom. The Labute approximate surface area is 125 Å². The molecule has 0 saturated carbocycles. The summed E-state index contributed by atoms with van der Waals surface area (Å²) >= 11 is 12.0. The Morgan fingerprint density at radius 3 is 2.25 bits per heavy atom. The van der Waals surface area contributed by atoms with Gasteiger partial charge in [0.15, 0.2) is 0 Å². The number of carboxylic acids is 1. The van der Waals surface area contributed by atoms with Crippen LogP contribution < -0.4 is 5.43 Å². The van der Waals surface area contributed by atoms with Crippen molar-refractivity contribution in [3.63, 3.8) is 0 Å². The number of carboxylic acid groups (broad SMARTS) is 1. The molecule has 0 aliphatic heterocycles. The highest BCUT2D eigenvalue weighted by Crippen LogP contribution is 2.22. The van der Waals surface area contributed by atoms with Crippen LogP contribution in [0.2, 0.25) is 10.0 Å². The minimum Gasteiger partial charge on any atom is -0.478 e. The number of nitrogens with zero attached hydrogens (tertiary/aromatic N) is 1. The maximum atomic E-state index is 10.7. The lowest BCUT2D eigenvalue weighted by Gasteiger charge is -2.02. The molecule has 0 atom stereocenters. The van der Waals surface area contributed by atoms with E-state index in [1.54, 1.807) is 30.3 Å². The summed E-state index contributed by atoms with van der Waals surface area (Å²) in [5.41, 5.74) is 4.27. The van der Waals surface area contributed by atoms with E-state index < -0.39 is 5.97 Å². The third-order valence-electron chi connectivity index (χ3n) is 2.52. The lowest BCUT2D eigenvalue weighted by Crippen LogP contribution is -1.96. The van der Waals surface area contributed by atoms with Crippen molar-refractivity contribution in [3.8, 4) is 0 Å². The van der Waals surface area contributed by atoms with Crippen LogP contribution in [0.4, 0.5) is 5.69 Å². The number of hydrogen-bond acceptors (Lipinski definition) is 3. The number of hydrazone groups is 1. The topological polar surface area (TPSA) is 61.7 Å². The Balaban J connectivity index is 2.08. The van der Waals surface area contributed by atoms with Gasteiger partial charge in [-0.15, -0.1) is 0 Å². The predicted octanol–water partition coefficient (Wildman–Crippen LogP) is 4.14. The van der Waals surface area contributed by atoms with Crippen molar-refractivity contribution in [1.82, 2.24) is 0 Å². The highest BCUT2D eigenvalue weighted by molar-refractivity contribution is 6.38. The van der Waals surface area contributed by atoms with E-state index in [4.69, 9.17) is 28.3 Å². The normalized spacial score (nSPS) is 10.7. The molecule has 0 amide bonds. The van der Waals surface area contributed by atoms with Gasteiger partial charge in [0.1, 0.15) is 0 Å². The van der Waals surface area contributed by atoms with E-state index in [9.17, 15) is 4.79 Å². The lowest BCUT2D eigenvalue weighted by molar-refractivity contribution is 0.0697. The molecule has 0 aliphatic rings. The summed E-state index contributed by atoms with van der Waals surface area (Å²) in [4.78, 5) is 10.7. The third kappa shape index (κ3) is 3.50. The van der Waals surface area contributed by atoms with Crippen LogP contribution in [0.5, 0.6) is 0 Å². The van der Waals surface area contributed by atoms with Gasteiger partial charge in [-0.2, -0.15) is 5.10 Å². The molecule has 6 heteroatoms. The molecule has 20 heavy (non-hydrogen) atoms. The van der Waals surface area contributed by atoms with Crippen molar-refractivity contribution in [1.29, 1.82) is 0 Å². The van der Waals surface area contributed by atoms with E-state index in [1.165, 1.54) is 18.3 Å². The number of carbonyl (C=O) groups is 1. The number of hydrogen-bond donors (Lipinski definition) is 2. The molecule has 0 unspecified atom stereocenters. The minimum atomic E-state index is -0.970. The van der Waals surface area contributed by atoms with Crippen LogP contribution in [0.3, 0.4) is 0 Å². The largest absolute Gasteiger partial charge is 0.478 e. The fourth-order valence-corrected chi connectivity index (χ4v) is 1.99. The summed E-state index contributed by atoms with van der Waals surface area (Å²) in [6.07, 6.45) is 1.51. The summed E-state index contributed by atoms with van der Waals surface area (Å²) in [5, 5.41) is 13.8. The predicted molar refractivity (Wildman–Crippen MR) is 81.1 cm³/mol. The summed E-state index contributed by atoms with van der Waals surface area (Å²) < 4.78 is 0. The fourth-order valence-electron chi connectivity index (χ4n) is 1.49. The van der Waals surface area contributed by atoms with Crippen LogP contribution in [-0.2, 0) is 0 Å². The van der Waals surface area contributed by atoms with Gasteiger partial charge in [0.2, 0.25) is 0 Å². The number of halogens is 2. The van der Waals surface area contributed by atoms with Gasteiger partial charge in [-0.1, -0.05) is 29.3 Å². The zero-order valence-corrected chi connectivity index (χ0v) is 11.7. The van der Waals surface area contributed by atoms with Crippen molar-refractivity contribution in [2.45, 2.75) is 0 Å². The molecule has 0 spiro atoms. The first-order valence-electron chi connectivity index (χ1n) is 5.64. The van der Waals surface area contributed by atoms with Gasteiger partial charge >= 0.3 is 5.97 Å². The smallest absolute Gasteiger partial charge is 0.335 e. The minimum absolute atomic E-state index is 0.216. The molecule has 0 heterocycles. The molecular formula is C14H10Cl2N2O2. The quantitative estimate of drug-likeness (QED) is 0.659. The standard InChI is InChI=1S/C14H10Cl2N2O2/c15-12-2-1-3-13(16)11(12)8-17-18-10-6-4-9(5-7-10)14(19)20/h1-8,18H,(H,19,20)/b17-8+. The SMILES string of the molecule is O=C(O)c1ccc(N/N=C/c2c(Cl)cccc2Cl)cc1.